The van der Waals surface area contributed by atoms with Gasteiger partial charge >= 0.3 is 0 Å². The Hall–Kier alpha value is -2.13. The number of nitrogens with zero attached hydrogens (tertiary/aromatic N) is 1. The van der Waals surface area contributed by atoms with Crippen molar-refractivity contribution >= 4 is 11.6 Å². The Morgan fingerprint density at radius 2 is 1.62 bits per heavy atom. The van der Waals surface area contributed by atoms with Crippen molar-refractivity contribution < 1.29 is 4.79 Å². The molecule has 0 aliphatic carbocycles. The Balaban J connectivity index is 2.02. The molecule has 138 valence electrons. The number of amides is 1. The number of hydrogen-bond donors (Lipinski definition) is 1. The van der Waals surface area contributed by atoms with E-state index in [4.69, 9.17) is 0 Å². The first-order valence-corrected chi connectivity index (χ1v) is 9.85. The van der Waals surface area contributed by atoms with Crippen LogP contribution in [0.5, 0.6) is 0 Å². The van der Waals surface area contributed by atoms with Crippen LogP contribution >= 0.6 is 0 Å². The van der Waals surface area contributed by atoms with Gasteiger partial charge in [0.2, 0.25) is 5.91 Å². The van der Waals surface area contributed by atoms with E-state index in [2.05, 4.69) is 59.6 Å². The summed E-state index contributed by atoms with van der Waals surface area (Å²) in [5.41, 5.74) is 2.33. The van der Waals surface area contributed by atoms with Crippen LogP contribution in [-0.4, -0.2) is 25.0 Å². The number of anilines is 1. The highest BCUT2D eigenvalue weighted by Gasteiger charge is 2.36. The average molecular weight is 351 g/mol. The topological polar surface area (TPSA) is 32.3 Å². The SMILES string of the molecule is CCC(=O)N(c1ccccc1)C(C1CCNCC1)C(C)c1ccccc1. The minimum Gasteiger partial charge on any atom is -0.317 e. The van der Waals surface area contributed by atoms with Gasteiger partial charge < -0.3 is 10.2 Å². The number of hydrogen-bond acceptors (Lipinski definition) is 2. The first kappa shape index (κ1) is 18.7. The second-order valence-corrected chi connectivity index (χ2v) is 7.23. The summed E-state index contributed by atoms with van der Waals surface area (Å²) < 4.78 is 0. The molecule has 3 nitrogen and oxygen atoms in total. The van der Waals surface area contributed by atoms with Crippen molar-refractivity contribution in [3.05, 3.63) is 66.2 Å². The predicted octanol–water partition coefficient (Wildman–Crippen LogP) is 4.60. The zero-order valence-corrected chi connectivity index (χ0v) is 15.9. The summed E-state index contributed by atoms with van der Waals surface area (Å²) in [6.07, 6.45) is 2.75. The van der Waals surface area contributed by atoms with E-state index < -0.39 is 0 Å². The lowest BCUT2D eigenvalue weighted by Gasteiger charge is -2.42. The van der Waals surface area contributed by atoms with E-state index in [1.54, 1.807) is 0 Å². The number of carbonyl (C=O) groups excluding carboxylic acids is 1. The largest absolute Gasteiger partial charge is 0.317 e. The molecule has 0 aromatic heterocycles. The summed E-state index contributed by atoms with van der Waals surface area (Å²) in [6, 6.07) is 21.0. The summed E-state index contributed by atoms with van der Waals surface area (Å²) >= 11 is 0. The minimum atomic E-state index is 0.175. The standard InChI is InChI=1S/C23H30N2O/c1-3-22(26)25(21-12-8-5-9-13-21)23(20-14-16-24-17-15-20)18(2)19-10-6-4-7-11-19/h4-13,18,20,23-24H,3,14-17H2,1-2H3. The highest BCUT2D eigenvalue weighted by molar-refractivity contribution is 5.94. The Bertz CT molecular complexity index is 680. The first-order chi connectivity index (χ1) is 12.7. The van der Waals surface area contributed by atoms with Gasteiger partial charge in [-0.3, -0.25) is 4.79 Å². The van der Waals surface area contributed by atoms with E-state index in [1.807, 2.05) is 25.1 Å². The minimum absolute atomic E-state index is 0.175. The van der Waals surface area contributed by atoms with Gasteiger partial charge in [-0.1, -0.05) is 62.4 Å². The fraction of sp³-hybridized carbons (Fsp3) is 0.435. The summed E-state index contributed by atoms with van der Waals surface area (Å²) in [5, 5.41) is 3.47. The van der Waals surface area contributed by atoms with Crippen molar-refractivity contribution in [2.45, 2.75) is 45.1 Å². The highest BCUT2D eigenvalue weighted by atomic mass is 16.2. The summed E-state index contributed by atoms with van der Waals surface area (Å²) in [4.78, 5) is 15.1. The molecule has 3 heteroatoms. The second-order valence-electron chi connectivity index (χ2n) is 7.23. The van der Waals surface area contributed by atoms with Crippen molar-refractivity contribution in [1.82, 2.24) is 5.32 Å². The molecular weight excluding hydrogens is 320 g/mol. The maximum Gasteiger partial charge on any atom is 0.226 e. The van der Waals surface area contributed by atoms with Crippen LogP contribution in [0, 0.1) is 5.92 Å². The zero-order chi connectivity index (χ0) is 18.4. The molecular formula is C23H30N2O. The predicted molar refractivity (Wildman–Crippen MR) is 108 cm³/mol. The molecule has 2 atom stereocenters. The van der Waals surface area contributed by atoms with Gasteiger partial charge in [0.25, 0.3) is 0 Å². The fourth-order valence-corrected chi connectivity index (χ4v) is 4.22. The lowest BCUT2D eigenvalue weighted by atomic mass is 9.79. The third-order valence-electron chi connectivity index (χ3n) is 5.61. The Labute approximate surface area is 157 Å². The third kappa shape index (κ3) is 4.16. The van der Waals surface area contributed by atoms with Gasteiger partial charge in [0.05, 0.1) is 0 Å². The van der Waals surface area contributed by atoms with Crippen molar-refractivity contribution in [2.75, 3.05) is 18.0 Å². The molecule has 0 spiro atoms. The van der Waals surface area contributed by atoms with Crippen LogP contribution in [0.2, 0.25) is 0 Å². The van der Waals surface area contributed by atoms with Crippen LogP contribution in [0.25, 0.3) is 0 Å². The van der Waals surface area contributed by atoms with Gasteiger partial charge in [0, 0.05) is 24.1 Å². The third-order valence-corrected chi connectivity index (χ3v) is 5.61. The maximum atomic E-state index is 13.0. The summed E-state index contributed by atoms with van der Waals surface area (Å²) in [5.74, 6) is 1.000. The average Bonchev–Trinajstić information content (AvgIpc) is 2.73. The van der Waals surface area contributed by atoms with Crippen molar-refractivity contribution in [1.29, 1.82) is 0 Å². The van der Waals surface area contributed by atoms with Gasteiger partial charge in [-0.25, -0.2) is 0 Å². The van der Waals surface area contributed by atoms with Crippen molar-refractivity contribution in [3.63, 3.8) is 0 Å². The number of nitrogens with one attached hydrogen (secondary N) is 1. The van der Waals surface area contributed by atoms with Crippen LogP contribution in [0.3, 0.4) is 0 Å². The molecule has 1 aliphatic heterocycles. The molecule has 1 N–H and O–H groups in total. The Morgan fingerprint density at radius 1 is 1.04 bits per heavy atom. The van der Waals surface area contributed by atoms with E-state index in [-0.39, 0.29) is 17.9 Å². The Kier molecular flexibility index (Phi) is 6.45. The van der Waals surface area contributed by atoms with Crippen molar-refractivity contribution in [3.8, 4) is 0 Å². The van der Waals surface area contributed by atoms with Gasteiger partial charge in [0.15, 0.2) is 0 Å². The molecule has 1 heterocycles. The van der Waals surface area contributed by atoms with Crippen LogP contribution in [0.4, 0.5) is 5.69 Å². The number of carbonyl (C=O) groups is 1. The van der Waals surface area contributed by atoms with E-state index in [9.17, 15) is 4.79 Å². The van der Waals surface area contributed by atoms with E-state index >= 15 is 0 Å². The quantitative estimate of drug-likeness (QED) is 0.826. The molecule has 2 aromatic rings. The lowest BCUT2D eigenvalue weighted by Crippen LogP contribution is -2.50. The summed E-state index contributed by atoms with van der Waals surface area (Å²) in [6.45, 7) is 6.31. The molecule has 26 heavy (non-hydrogen) atoms. The number of rotatable bonds is 6. The van der Waals surface area contributed by atoms with Gasteiger partial charge in [-0.2, -0.15) is 0 Å². The molecule has 0 bridgehead atoms. The first-order valence-electron chi connectivity index (χ1n) is 9.85. The van der Waals surface area contributed by atoms with E-state index in [0.717, 1.165) is 31.6 Å². The van der Waals surface area contributed by atoms with Crippen LogP contribution in [0.15, 0.2) is 60.7 Å². The molecule has 1 fully saturated rings. The smallest absolute Gasteiger partial charge is 0.226 e. The summed E-state index contributed by atoms with van der Waals surface area (Å²) in [7, 11) is 0. The number of piperidine rings is 1. The van der Waals surface area contributed by atoms with Crippen LogP contribution in [-0.2, 0) is 4.79 Å². The van der Waals surface area contributed by atoms with E-state index in [1.165, 1.54) is 5.56 Å². The van der Waals surface area contributed by atoms with Gasteiger partial charge in [-0.05, 0) is 49.5 Å². The highest BCUT2D eigenvalue weighted by Crippen LogP contribution is 2.36. The molecule has 2 unspecified atom stereocenters. The monoisotopic (exact) mass is 350 g/mol. The van der Waals surface area contributed by atoms with Crippen molar-refractivity contribution in [2.24, 2.45) is 5.92 Å². The molecule has 2 aromatic carbocycles. The molecule has 1 amide bonds. The molecule has 0 radical (unpaired) electrons. The van der Waals surface area contributed by atoms with E-state index in [0.29, 0.717) is 12.3 Å². The zero-order valence-electron chi connectivity index (χ0n) is 15.9. The molecule has 1 aliphatic rings. The molecule has 0 saturated carbocycles. The molecule has 1 saturated heterocycles. The van der Waals surface area contributed by atoms with Crippen LogP contribution < -0.4 is 10.2 Å². The Morgan fingerprint density at radius 3 is 2.19 bits per heavy atom. The fourth-order valence-electron chi connectivity index (χ4n) is 4.22. The number of para-hydroxylation sites is 1. The van der Waals surface area contributed by atoms with Gasteiger partial charge in [0.1, 0.15) is 0 Å². The number of benzene rings is 2. The molecule has 3 rings (SSSR count). The van der Waals surface area contributed by atoms with Gasteiger partial charge in [-0.15, -0.1) is 0 Å². The lowest BCUT2D eigenvalue weighted by molar-refractivity contribution is -0.119. The second kappa shape index (κ2) is 9.00. The van der Waals surface area contributed by atoms with Crippen LogP contribution in [0.1, 0.15) is 44.6 Å². The maximum absolute atomic E-state index is 13.0. The normalized spacial score (nSPS) is 17.5.